The van der Waals surface area contributed by atoms with E-state index in [1.54, 1.807) is 11.3 Å². The van der Waals surface area contributed by atoms with E-state index in [0.29, 0.717) is 6.54 Å². The molecule has 0 radical (unpaired) electrons. The van der Waals surface area contributed by atoms with Crippen LogP contribution < -0.4 is 5.32 Å². The average molecular weight is 593 g/mol. The lowest BCUT2D eigenvalue weighted by Gasteiger charge is -2.49. The first-order valence-electron chi connectivity index (χ1n) is 14.1. The highest BCUT2D eigenvalue weighted by Gasteiger charge is 2.64. The van der Waals surface area contributed by atoms with Crippen molar-refractivity contribution in [2.24, 2.45) is 0 Å². The van der Waals surface area contributed by atoms with Crippen molar-refractivity contribution in [3.05, 3.63) is 135 Å². The minimum Gasteiger partial charge on any atom is -0.315 e. The maximum Gasteiger partial charge on any atom is 0.244 e. The number of nitrogens with one attached hydrogen (secondary N) is 1. The number of carbonyl (C=O) groups is 1. The zero-order valence-electron chi connectivity index (χ0n) is 23.7. The van der Waals surface area contributed by atoms with Gasteiger partial charge in [-0.1, -0.05) is 91.0 Å². The summed E-state index contributed by atoms with van der Waals surface area (Å²) in [4.78, 5) is 18.7. The van der Waals surface area contributed by atoms with Crippen LogP contribution in [0.25, 0.3) is 0 Å². The van der Waals surface area contributed by atoms with Crippen LogP contribution in [0.5, 0.6) is 0 Å². The van der Waals surface area contributed by atoms with Gasteiger partial charge in [0.25, 0.3) is 0 Å². The highest BCUT2D eigenvalue weighted by molar-refractivity contribution is 8.01. The largest absolute Gasteiger partial charge is 0.315 e. The lowest BCUT2D eigenvalue weighted by atomic mass is 9.76. The van der Waals surface area contributed by atoms with Gasteiger partial charge in [0, 0.05) is 14.5 Å². The monoisotopic (exact) mass is 592 g/mol. The van der Waals surface area contributed by atoms with Crippen LogP contribution in [0.4, 0.5) is 0 Å². The molecule has 2 fully saturated rings. The number of β-lactam (4-membered cyclic amide) rings is 1. The van der Waals surface area contributed by atoms with E-state index in [1.807, 2.05) is 39.5 Å². The normalized spacial score (nSPS) is 21.3. The Hall–Kier alpha value is -3.79. The second kappa shape index (κ2) is 10.5. The molecule has 7 rings (SSSR count). The number of benzene rings is 3. The van der Waals surface area contributed by atoms with Gasteiger partial charge in [0.2, 0.25) is 5.91 Å². The number of aryl methyl sites for hydroxylation is 1. The number of thioether (sulfide) groups is 1. The van der Waals surface area contributed by atoms with Gasteiger partial charge in [0.05, 0.1) is 12.1 Å². The van der Waals surface area contributed by atoms with Crippen molar-refractivity contribution >= 4 is 29.0 Å². The van der Waals surface area contributed by atoms with Crippen molar-refractivity contribution in [3.8, 4) is 0 Å². The first-order valence-corrected chi connectivity index (χ1v) is 15.8. The summed E-state index contributed by atoms with van der Waals surface area (Å²) in [5.41, 5.74) is 2.53. The summed E-state index contributed by atoms with van der Waals surface area (Å²) < 4.78 is 1.57. The second-order valence-corrected chi connectivity index (χ2v) is 14.6. The third kappa shape index (κ3) is 4.38. The van der Waals surface area contributed by atoms with E-state index in [0.717, 1.165) is 22.5 Å². The summed E-state index contributed by atoms with van der Waals surface area (Å²) in [5, 5.41) is 16.7. The number of nitrogens with zero attached hydrogens (tertiary/aromatic N) is 5. The fourth-order valence-corrected chi connectivity index (χ4v) is 8.95. The molecule has 2 aliphatic heterocycles. The van der Waals surface area contributed by atoms with Gasteiger partial charge in [-0.15, -0.1) is 28.2 Å². The number of tetrazole rings is 1. The maximum absolute atomic E-state index is 14.3. The predicted molar refractivity (Wildman–Crippen MR) is 167 cm³/mol. The molecular weight excluding hydrogens is 561 g/mol. The SMILES string of the molecule is Cc1ccc(Cn2nnnc2C2N3C(=O)C(NC(c4ccccc4)(c4ccccc4)c4ccccc4)[C@H]3SC2(C)C)s1. The van der Waals surface area contributed by atoms with Crippen molar-refractivity contribution in [2.75, 3.05) is 0 Å². The Morgan fingerprint density at radius 2 is 1.43 bits per heavy atom. The van der Waals surface area contributed by atoms with Gasteiger partial charge in [0.1, 0.15) is 17.5 Å². The van der Waals surface area contributed by atoms with E-state index in [-0.39, 0.29) is 22.1 Å². The lowest BCUT2D eigenvalue weighted by molar-refractivity contribution is -0.150. The summed E-state index contributed by atoms with van der Waals surface area (Å²) in [5.74, 6) is 0.796. The topological polar surface area (TPSA) is 75.9 Å². The van der Waals surface area contributed by atoms with Crippen molar-refractivity contribution in [3.63, 3.8) is 0 Å². The van der Waals surface area contributed by atoms with Crippen molar-refractivity contribution in [1.29, 1.82) is 0 Å². The highest BCUT2D eigenvalue weighted by Crippen LogP contribution is 2.57. The third-order valence-corrected chi connectivity index (χ3v) is 10.9. The number of carbonyl (C=O) groups excluding carboxylic acids is 1. The molecule has 0 spiro atoms. The van der Waals surface area contributed by atoms with E-state index in [4.69, 9.17) is 0 Å². The molecule has 3 atom stereocenters. The smallest absolute Gasteiger partial charge is 0.244 e. The van der Waals surface area contributed by atoms with Crippen LogP contribution in [0.1, 0.15) is 52.2 Å². The number of hydrogen-bond donors (Lipinski definition) is 1. The molecule has 7 nitrogen and oxygen atoms in total. The minimum absolute atomic E-state index is 0.0664. The van der Waals surface area contributed by atoms with Crippen molar-refractivity contribution in [1.82, 2.24) is 30.4 Å². The number of thiophene rings is 1. The molecule has 9 heteroatoms. The molecule has 0 bridgehead atoms. The molecule has 2 saturated heterocycles. The number of amides is 1. The van der Waals surface area contributed by atoms with Gasteiger partial charge >= 0.3 is 0 Å². The molecule has 42 heavy (non-hydrogen) atoms. The average Bonchev–Trinajstić information content (AvgIpc) is 3.71. The number of fused-ring (bicyclic) bond motifs is 1. The standard InChI is InChI=1S/C33H32N6OS2/c1-22-19-20-26(41-22)21-38-29(35-36-37-38)28-32(2,3)42-31-27(30(40)39(28)31)34-33(23-13-7-4-8-14-23,24-15-9-5-10-16-24)25-17-11-6-12-18-25/h4-20,27-28,31,34H,21H2,1-3H3/t27?,28?,31-/m1/s1. The molecule has 212 valence electrons. The Balaban J connectivity index is 1.27. The molecule has 0 aliphatic carbocycles. The molecule has 5 aromatic rings. The van der Waals surface area contributed by atoms with E-state index < -0.39 is 11.6 Å². The molecule has 2 aliphatic rings. The molecular formula is C33H32N6OS2. The minimum atomic E-state index is -0.725. The summed E-state index contributed by atoms with van der Waals surface area (Å²) in [6.07, 6.45) is 0. The van der Waals surface area contributed by atoms with E-state index in [9.17, 15) is 4.79 Å². The Morgan fingerprint density at radius 3 is 1.95 bits per heavy atom. The fraction of sp³-hybridized carbons (Fsp3) is 0.273. The van der Waals surface area contributed by atoms with E-state index in [2.05, 4.69) is 127 Å². The van der Waals surface area contributed by atoms with Crippen LogP contribution in [0.15, 0.2) is 103 Å². The fourth-order valence-electron chi connectivity index (χ4n) is 6.45. The number of rotatable bonds is 8. The molecule has 1 amide bonds. The lowest BCUT2D eigenvalue weighted by Crippen LogP contribution is -2.70. The van der Waals surface area contributed by atoms with Gasteiger partial charge in [-0.3, -0.25) is 10.1 Å². The molecule has 3 aromatic carbocycles. The van der Waals surface area contributed by atoms with Crippen LogP contribution in [-0.4, -0.2) is 47.2 Å². The summed E-state index contributed by atoms with van der Waals surface area (Å²) in [6, 6.07) is 34.9. The van der Waals surface area contributed by atoms with Gasteiger partial charge < -0.3 is 4.90 Å². The number of aromatic nitrogens is 4. The second-order valence-electron chi connectivity index (χ2n) is 11.4. The molecule has 0 saturated carbocycles. The van der Waals surface area contributed by atoms with Gasteiger partial charge in [-0.05, 0) is 60.0 Å². The first kappa shape index (κ1) is 27.1. The zero-order chi connectivity index (χ0) is 28.9. The Kier molecular flexibility index (Phi) is 6.76. The Morgan fingerprint density at radius 1 is 0.857 bits per heavy atom. The first-order chi connectivity index (χ1) is 20.4. The molecule has 1 N–H and O–H groups in total. The van der Waals surface area contributed by atoms with Crippen LogP contribution >= 0.6 is 23.1 Å². The van der Waals surface area contributed by atoms with Crippen LogP contribution in [0.2, 0.25) is 0 Å². The predicted octanol–water partition coefficient (Wildman–Crippen LogP) is 5.78. The van der Waals surface area contributed by atoms with Crippen molar-refractivity contribution in [2.45, 2.75) is 55.1 Å². The molecule has 2 aromatic heterocycles. The summed E-state index contributed by atoms with van der Waals surface area (Å²) >= 11 is 3.56. The third-order valence-electron chi connectivity index (χ3n) is 8.34. The summed E-state index contributed by atoms with van der Waals surface area (Å²) in [6.45, 7) is 7.07. The zero-order valence-corrected chi connectivity index (χ0v) is 25.3. The number of hydrogen-bond acceptors (Lipinski definition) is 7. The maximum atomic E-state index is 14.3. The molecule has 4 heterocycles. The summed E-state index contributed by atoms with van der Waals surface area (Å²) in [7, 11) is 0. The van der Waals surface area contributed by atoms with Crippen LogP contribution in [-0.2, 0) is 16.9 Å². The molecule has 2 unspecified atom stereocenters. The van der Waals surface area contributed by atoms with Gasteiger partial charge in [-0.2, -0.15) is 0 Å². The van der Waals surface area contributed by atoms with Gasteiger partial charge in [-0.25, -0.2) is 4.68 Å². The van der Waals surface area contributed by atoms with Gasteiger partial charge in [0.15, 0.2) is 5.82 Å². The van der Waals surface area contributed by atoms with E-state index >= 15 is 0 Å². The Labute approximate surface area is 254 Å². The van der Waals surface area contributed by atoms with Crippen molar-refractivity contribution < 1.29 is 4.79 Å². The highest BCUT2D eigenvalue weighted by atomic mass is 32.2. The Bertz CT molecular complexity index is 1610. The van der Waals surface area contributed by atoms with E-state index in [1.165, 1.54) is 9.75 Å². The van der Waals surface area contributed by atoms with Crippen LogP contribution in [0, 0.1) is 6.92 Å². The van der Waals surface area contributed by atoms with Crippen LogP contribution in [0.3, 0.4) is 0 Å². The quantitative estimate of drug-likeness (QED) is 0.182.